The maximum Gasteiger partial charge on any atom is 0.239 e. The summed E-state index contributed by atoms with van der Waals surface area (Å²) in [7, 11) is -6.86. The van der Waals surface area contributed by atoms with Gasteiger partial charge in [-0.2, -0.15) is 4.31 Å². The summed E-state index contributed by atoms with van der Waals surface area (Å²) in [5.74, 6) is -0.501. The highest BCUT2D eigenvalue weighted by atomic mass is 32.2. The summed E-state index contributed by atoms with van der Waals surface area (Å²) in [6.07, 6.45) is 3.09. The molecule has 27 heavy (non-hydrogen) atoms. The smallest absolute Gasteiger partial charge is 0.239 e. The Morgan fingerprint density at radius 3 is 2.67 bits per heavy atom. The third-order valence-corrected chi connectivity index (χ3v) is 8.77. The lowest BCUT2D eigenvalue weighted by Gasteiger charge is -2.24. The van der Waals surface area contributed by atoms with Gasteiger partial charge in [-0.1, -0.05) is 31.2 Å². The molecule has 1 saturated heterocycles. The van der Waals surface area contributed by atoms with E-state index in [0.717, 1.165) is 15.4 Å². The molecule has 1 fully saturated rings. The van der Waals surface area contributed by atoms with Crippen molar-refractivity contribution < 1.29 is 21.6 Å². The molecule has 1 aliphatic carbocycles. The van der Waals surface area contributed by atoms with Gasteiger partial charge < -0.3 is 5.32 Å². The minimum absolute atomic E-state index is 0.0556. The highest BCUT2D eigenvalue weighted by Gasteiger charge is 2.32. The number of sulfonamides is 1. The molecule has 0 spiro atoms. The van der Waals surface area contributed by atoms with Crippen LogP contribution in [0.2, 0.25) is 0 Å². The van der Waals surface area contributed by atoms with Gasteiger partial charge in [0.05, 0.1) is 23.0 Å². The quantitative estimate of drug-likeness (QED) is 0.749. The maximum atomic E-state index is 13.0. The Morgan fingerprint density at radius 1 is 1.26 bits per heavy atom. The van der Waals surface area contributed by atoms with Gasteiger partial charge in [0.1, 0.15) is 0 Å². The monoisotopic (exact) mass is 412 g/mol. The fraction of sp³-hybridized carbons (Fsp3) is 0.500. The summed E-state index contributed by atoms with van der Waals surface area (Å²) < 4.78 is 50.1. The molecule has 1 aromatic carbocycles. The Kier molecular flexibility index (Phi) is 5.73. The molecule has 0 aromatic heterocycles. The Labute approximate surface area is 160 Å². The number of hydrogen-bond acceptors (Lipinski definition) is 5. The standard InChI is InChI=1S/C18H24N2O5S2/c1-2-20(12-18(21)19-16-9-10-26(22,23)13-16)27(24,25)17-8-7-14-5-3-4-6-15(14)11-17/h3-6,11,16H,2,7-10,12-13H2,1H3,(H,19,21)/t16-/m1/s1. The summed E-state index contributed by atoms with van der Waals surface area (Å²) in [6, 6.07) is 7.22. The van der Waals surface area contributed by atoms with E-state index in [0.29, 0.717) is 24.2 Å². The summed E-state index contributed by atoms with van der Waals surface area (Å²) >= 11 is 0. The molecule has 1 atom stereocenters. The first-order chi connectivity index (χ1) is 12.7. The van der Waals surface area contributed by atoms with Gasteiger partial charge in [0.25, 0.3) is 0 Å². The Morgan fingerprint density at radius 2 is 2.00 bits per heavy atom. The first kappa shape index (κ1) is 20.0. The Bertz CT molecular complexity index is 967. The maximum absolute atomic E-state index is 13.0. The number of carbonyl (C=O) groups is 1. The first-order valence-electron chi connectivity index (χ1n) is 8.99. The Hall–Kier alpha value is -1.71. The van der Waals surface area contributed by atoms with Crippen LogP contribution >= 0.6 is 0 Å². The number of hydrogen-bond donors (Lipinski definition) is 1. The van der Waals surface area contributed by atoms with Crippen molar-refractivity contribution in [3.63, 3.8) is 0 Å². The van der Waals surface area contributed by atoms with Crippen LogP contribution in [-0.2, 0) is 31.1 Å². The zero-order chi connectivity index (χ0) is 19.7. The van der Waals surface area contributed by atoms with E-state index < -0.39 is 31.8 Å². The van der Waals surface area contributed by atoms with Crippen LogP contribution in [0.4, 0.5) is 0 Å². The first-order valence-corrected chi connectivity index (χ1v) is 12.3. The average molecular weight is 413 g/mol. The molecular formula is C18H24N2O5S2. The van der Waals surface area contributed by atoms with Gasteiger partial charge in [-0.25, -0.2) is 16.8 Å². The summed E-state index contributed by atoms with van der Waals surface area (Å²) in [4.78, 5) is 12.6. The predicted octanol–water partition coefficient (Wildman–Crippen LogP) is 0.929. The van der Waals surface area contributed by atoms with Crippen molar-refractivity contribution >= 4 is 31.8 Å². The lowest BCUT2D eigenvalue weighted by atomic mass is 9.98. The second-order valence-electron chi connectivity index (χ2n) is 6.91. The van der Waals surface area contributed by atoms with Gasteiger partial charge in [-0.3, -0.25) is 4.79 Å². The fourth-order valence-electron chi connectivity index (χ4n) is 3.48. The molecule has 1 aliphatic heterocycles. The van der Waals surface area contributed by atoms with E-state index in [9.17, 15) is 21.6 Å². The van der Waals surface area contributed by atoms with E-state index in [-0.39, 0.29) is 24.6 Å². The summed E-state index contributed by atoms with van der Waals surface area (Å²) in [5.41, 5.74) is 2.00. The van der Waals surface area contributed by atoms with Gasteiger partial charge >= 0.3 is 0 Å². The molecule has 1 amide bonds. The number of amides is 1. The summed E-state index contributed by atoms with van der Waals surface area (Å²) in [6.45, 7) is 1.54. The van der Waals surface area contributed by atoms with Crippen LogP contribution < -0.4 is 5.32 Å². The summed E-state index contributed by atoms with van der Waals surface area (Å²) in [5, 5.41) is 2.65. The number of nitrogens with zero attached hydrogens (tertiary/aromatic N) is 1. The number of allylic oxidation sites excluding steroid dienone is 1. The second kappa shape index (κ2) is 7.73. The van der Waals surface area contributed by atoms with E-state index in [1.807, 2.05) is 24.3 Å². The number of nitrogens with one attached hydrogen (secondary N) is 1. The zero-order valence-electron chi connectivity index (χ0n) is 15.2. The third kappa shape index (κ3) is 4.59. The average Bonchev–Trinajstić information content (AvgIpc) is 2.97. The predicted molar refractivity (Wildman–Crippen MR) is 104 cm³/mol. The molecule has 0 unspecified atom stereocenters. The molecule has 1 heterocycles. The van der Waals surface area contributed by atoms with Gasteiger partial charge in [-0.15, -0.1) is 0 Å². The van der Waals surface area contributed by atoms with E-state index in [2.05, 4.69) is 5.32 Å². The van der Waals surface area contributed by atoms with E-state index >= 15 is 0 Å². The van der Waals surface area contributed by atoms with E-state index in [4.69, 9.17) is 0 Å². The largest absolute Gasteiger partial charge is 0.351 e. The van der Waals surface area contributed by atoms with Gasteiger partial charge in [0.2, 0.25) is 15.9 Å². The van der Waals surface area contributed by atoms with Crippen molar-refractivity contribution in [3.05, 3.63) is 40.3 Å². The normalized spacial score (nSPS) is 21.6. The van der Waals surface area contributed by atoms with Gasteiger partial charge in [-0.05, 0) is 36.5 Å². The lowest BCUT2D eigenvalue weighted by Crippen LogP contribution is -2.44. The SMILES string of the molecule is CCN(CC(=O)N[C@@H]1CCS(=O)(=O)C1)S(=O)(=O)C1=Cc2ccccc2CC1. The minimum atomic E-state index is -3.75. The number of fused-ring (bicyclic) bond motifs is 1. The number of carbonyl (C=O) groups excluding carboxylic acids is 1. The van der Waals surface area contributed by atoms with Crippen molar-refractivity contribution in [2.24, 2.45) is 0 Å². The van der Waals surface area contributed by atoms with Crippen molar-refractivity contribution in [1.29, 1.82) is 0 Å². The molecule has 3 rings (SSSR count). The number of benzene rings is 1. The fourth-order valence-corrected chi connectivity index (χ4v) is 6.75. The van der Waals surface area contributed by atoms with Crippen molar-refractivity contribution in [2.45, 2.75) is 32.2 Å². The zero-order valence-corrected chi connectivity index (χ0v) is 16.9. The lowest BCUT2D eigenvalue weighted by molar-refractivity contribution is -0.121. The van der Waals surface area contributed by atoms with Crippen LogP contribution in [-0.4, -0.2) is 57.7 Å². The number of rotatable bonds is 6. The highest BCUT2D eigenvalue weighted by Crippen LogP contribution is 2.28. The van der Waals surface area contributed by atoms with E-state index in [1.54, 1.807) is 13.0 Å². The van der Waals surface area contributed by atoms with Gasteiger partial charge in [0.15, 0.2) is 9.84 Å². The molecule has 9 heteroatoms. The molecule has 7 nitrogen and oxygen atoms in total. The Balaban J connectivity index is 1.71. The van der Waals surface area contributed by atoms with Crippen LogP contribution in [0.5, 0.6) is 0 Å². The molecule has 1 aromatic rings. The van der Waals surface area contributed by atoms with Crippen LogP contribution in [0.25, 0.3) is 6.08 Å². The third-order valence-electron chi connectivity index (χ3n) is 4.95. The molecule has 0 radical (unpaired) electrons. The van der Waals surface area contributed by atoms with Gasteiger partial charge in [0, 0.05) is 12.6 Å². The second-order valence-corrected chi connectivity index (χ2v) is 11.1. The van der Waals surface area contributed by atoms with Crippen LogP contribution in [0, 0.1) is 0 Å². The minimum Gasteiger partial charge on any atom is -0.351 e. The topological polar surface area (TPSA) is 101 Å². The number of sulfone groups is 1. The molecule has 1 N–H and O–H groups in total. The molecule has 148 valence electrons. The molecule has 0 bridgehead atoms. The van der Waals surface area contributed by atoms with Crippen molar-refractivity contribution in [2.75, 3.05) is 24.6 Å². The molecule has 0 saturated carbocycles. The van der Waals surface area contributed by atoms with Crippen molar-refractivity contribution in [1.82, 2.24) is 9.62 Å². The van der Waals surface area contributed by atoms with Crippen LogP contribution in [0.15, 0.2) is 29.2 Å². The van der Waals surface area contributed by atoms with Crippen molar-refractivity contribution in [3.8, 4) is 0 Å². The number of likely N-dealkylation sites (N-methyl/N-ethyl adjacent to an activating group) is 1. The van der Waals surface area contributed by atoms with E-state index in [1.165, 1.54) is 0 Å². The highest BCUT2D eigenvalue weighted by molar-refractivity contribution is 7.93. The van der Waals surface area contributed by atoms with Crippen LogP contribution in [0.1, 0.15) is 30.9 Å². The molecular weight excluding hydrogens is 388 g/mol. The molecule has 2 aliphatic rings. The number of aryl methyl sites for hydroxylation is 1. The van der Waals surface area contributed by atoms with Crippen LogP contribution in [0.3, 0.4) is 0 Å².